The Bertz CT molecular complexity index is 5940. The first-order valence-corrected chi connectivity index (χ1v) is 41.8. The molecule has 0 aliphatic heterocycles. The minimum absolute atomic E-state index is 0.00473. The summed E-state index contributed by atoms with van der Waals surface area (Å²) in [5.41, 5.74) is 5.54. The molecule has 0 bridgehead atoms. The summed E-state index contributed by atoms with van der Waals surface area (Å²) in [6.45, 7) is 41.0. The Kier molecular flexibility index (Phi) is 31.7. The molecule has 0 aliphatic carbocycles. The van der Waals surface area contributed by atoms with Crippen LogP contribution in [0.5, 0.6) is 11.5 Å². The van der Waals surface area contributed by atoms with Crippen molar-refractivity contribution in [2.45, 2.75) is 146 Å². The third-order valence-electron chi connectivity index (χ3n) is 23.7. The molecule has 30 heteroatoms. The van der Waals surface area contributed by atoms with Gasteiger partial charge in [-0.05, 0) is 111 Å². The fraction of sp³-hybridized carbons (Fsp3) is 0.506. The number of benzene rings is 4. The monoisotopic (exact) mass is 1630 g/mol. The number of imidazole rings is 4. The van der Waals surface area contributed by atoms with E-state index in [9.17, 15) is 38.4 Å². The summed E-state index contributed by atoms with van der Waals surface area (Å²) in [4.78, 5) is 131. The lowest BCUT2D eigenvalue weighted by Gasteiger charge is -2.24. The average molecular weight is 1640 g/mol. The number of aryl methyl sites for hydroxylation is 4. The normalized spacial score (nSPS) is 12.7. The number of fused-ring (bicyclic) bond motifs is 4. The summed E-state index contributed by atoms with van der Waals surface area (Å²) in [7, 11) is 16.1. The van der Waals surface area contributed by atoms with E-state index in [0.717, 1.165) is 156 Å². The molecule has 0 radical (unpaired) electrons. The molecule has 4 aromatic carbocycles. The van der Waals surface area contributed by atoms with Crippen molar-refractivity contribution in [3.8, 4) is 11.5 Å². The van der Waals surface area contributed by atoms with Gasteiger partial charge in [0.05, 0.1) is 14.2 Å². The van der Waals surface area contributed by atoms with Crippen LogP contribution < -0.4 is 54.5 Å². The highest BCUT2D eigenvalue weighted by atomic mass is 16.5. The smallest absolute Gasteiger partial charge is 0.332 e. The Morgan fingerprint density at radius 1 is 0.311 bits per heavy atom. The van der Waals surface area contributed by atoms with E-state index in [1.165, 1.54) is 51.0 Å². The van der Waals surface area contributed by atoms with Crippen LogP contribution in [0.4, 0.5) is 0 Å². The van der Waals surface area contributed by atoms with Gasteiger partial charge in [-0.1, -0.05) is 175 Å². The van der Waals surface area contributed by atoms with Crippen molar-refractivity contribution in [1.82, 2.24) is 94.3 Å². The second-order valence-electron chi connectivity index (χ2n) is 30.6. The van der Waals surface area contributed by atoms with Gasteiger partial charge in [-0.25, -0.2) is 39.1 Å². The molecule has 0 saturated heterocycles. The topological polar surface area (TPSA) is 279 Å². The van der Waals surface area contributed by atoms with Crippen LogP contribution in [0.1, 0.15) is 166 Å². The van der Waals surface area contributed by atoms with Crippen LogP contribution in [0, 0.1) is 5.92 Å². The van der Waals surface area contributed by atoms with Crippen LogP contribution in [-0.2, 0) is 82.6 Å². The second-order valence-corrected chi connectivity index (χ2v) is 30.6. The van der Waals surface area contributed by atoms with Crippen molar-refractivity contribution in [2.24, 2.45) is 62.3 Å². The van der Waals surface area contributed by atoms with Crippen LogP contribution >= 0.6 is 0 Å². The Hall–Kier alpha value is -11.1. The van der Waals surface area contributed by atoms with E-state index < -0.39 is 0 Å². The lowest BCUT2D eigenvalue weighted by molar-refractivity contribution is 0.289. The van der Waals surface area contributed by atoms with Crippen molar-refractivity contribution in [1.29, 1.82) is 0 Å². The van der Waals surface area contributed by atoms with Gasteiger partial charge in [-0.2, -0.15) is 0 Å². The number of likely N-dealkylation sites (N-methyl/N-ethyl adjacent to an activating group) is 4. The van der Waals surface area contributed by atoms with Crippen molar-refractivity contribution in [3.63, 3.8) is 0 Å². The van der Waals surface area contributed by atoms with Crippen molar-refractivity contribution < 1.29 is 9.47 Å². The van der Waals surface area contributed by atoms with Gasteiger partial charge in [0, 0.05) is 132 Å². The molecule has 8 heterocycles. The predicted molar refractivity (Wildman–Crippen MR) is 475 cm³/mol. The number of hydrogen-bond donors (Lipinski definition) is 0. The van der Waals surface area contributed by atoms with E-state index in [4.69, 9.17) is 29.4 Å². The second kappa shape index (κ2) is 41.1. The van der Waals surface area contributed by atoms with Gasteiger partial charge in [0.2, 0.25) is 0 Å². The van der Waals surface area contributed by atoms with Crippen LogP contribution in [0.25, 0.3) is 44.7 Å². The van der Waals surface area contributed by atoms with E-state index in [0.29, 0.717) is 70.8 Å². The quantitative estimate of drug-likeness (QED) is 0.0381. The zero-order valence-corrected chi connectivity index (χ0v) is 74.3. The number of nitrogens with zero attached hydrogens (tertiary/aromatic N) is 20. The molecule has 0 saturated carbocycles. The maximum Gasteiger partial charge on any atom is 0.332 e. The van der Waals surface area contributed by atoms with Crippen molar-refractivity contribution in [3.05, 3.63) is 238 Å². The fourth-order valence-corrected chi connectivity index (χ4v) is 15.9. The molecule has 0 amide bonds. The lowest BCUT2D eigenvalue weighted by atomic mass is 9.87. The highest BCUT2D eigenvalue weighted by Gasteiger charge is 2.31. The Balaban J connectivity index is 0.000000181. The highest BCUT2D eigenvalue weighted by Crippen LogP contribution is 2.35. The standard InChI is InChI=1S/C23H33N5O3.C23H33N5O2.C22H31N5O3.C21H29N5O2/c1-7-18(16-10-12-17(31-6)13-11-16)20-24-21-19(22(29)26(5)23(30)25(21)4)28(20)15-14-27(8-2)9-3;1-7-27(8-2)14-15-28-19-21(25(5)23(30)26(6)22(19)29)24-20(28)18(16(3)4)17-12-10-9-11-13-17;1-7-26(8-2)13-14-27-18-20(24(4)22(29)25(5)21(18)28)23-19(27)15(3)16-9-11-17(30-6)12-10-16;1-6-25(7-2)13-14-26-17-19(23(4)21(28)24(5)20(17)27)22-18(26)15(3)16-11-9-8-10-12-16/h10-13,18H,7-9,14-15H2,1-6H3;9-13,16,18H,7-8,14-15H2,1-6H3;9-12,15H,7-8,13-14H2,1-6H3;8-12,15H,6-7,13-14H2,1-5H3. The van der Waals surface area contributed by atoms with Crippen LogP contribution in [0.3, 0.4) is 0 Å². The van der Waals surface area contributed by atoms with E-state index in [1.807, 2.05) is 103 Å². The van der Waals surface area contributed by atoms with E-state index >= 15 is 0 Å². The number of hydrogen-bond acceptors (Lipinski definition) is 18. The molecule has 12 rings (SSSR count). The Labute approximate surface area is 696 Å². The van der Waals surface area contributed by atoms with Gasteiger partial charge >= 0.3 is 22.8 Å². The minimum atomic E-state index is -0.371. The predicted octanol–water partition coefficient (Wildman–Crippen LogP) is 8.75. The summed E-state index contributed by atoms with van der Waals surface area (Å²) in [5.74, 6) is 5.08. The molecular formula is C89H126N20O10. The Morgan fingerprint density at radius 2 is 0.563 bits per heavy atom. The van der Waals surface area contributed by atoms with E-state index in [1.54, 1.807) is 42.4 Å². The number of ether oxygens (including phenoxy) is 2. The summed E-state index contributed by atoms with van der Waals surface area (Å²) < 4.78 is 29.2. The zero-order chi connectivity index (χ0) is 87.1. The maximum absolute atomic E-state index is 13.1. The van der Waals surface area contributed by atoms with Crippen molar-refractivity contribution in [2.75, 3.05) is 92.8 Å². The van der Waals surface area contributed by atoms with Gasteiger partial charge < -0.3 is 47.3 Å². The number of aromatic nitrogens is 16. The molecule has 0 N–H and O–H groups in total. The number of methoxy groups -OCH3 is 2. The maximum atomic E-state index is 13.1. The third-order valence-corrected chi connectivity index (χ3v) is 23.7. The summed E-state index contributed by atoms with van der Waals surface area (Å²) in [6, 6.07) is 36.2. The molecule has 0 aliphatic rings. The zero-order valence-electron chi connectivity index (χ0n) is 74.3. The van der Waals surface area contributed by atoms with Gasteiger partial charge in [-0.15, -0.1) is 0 Å². The molecule has 30 nitrogen and oxygen atoms in total. The molecule has 8 aromatic heterocycles. The lowest BCUT2D eigenvalue weighted by Crippen LogP contribution is -2.38. The van der Waals surface area contributed by atoms with Crippen molar-refractivity contribution >= 4 is 44.7 Å². The summed E-state index contributed by atoms with van der Waals surface area (Å²) in [6.07, 6.45) is 0.815. The van der Waals surface area contributed by atoms with Gasteiger partial charge in [-0.3, -0.25) is 55.7 Å². The summed E-state index contributed by atoms with van der Waals surface area (Å²) in [5, 5.41) is 0. The first-order valence-electron chi connectivity index (χ1n) is 41.8. The molecule has 12 aromatic rings. The first-order chi connectivity index (χ1) is 56.9. The molecule has 4 unspecified atom stereocenters. The minimum Gasteiger partial charge on any atom is -0.497 e. The molecule has 4 atom stereocenters. The van der Waals surface area contributed by atoms with E-state index in [2.05, 4.69) is 134 Å². The first kappa shape index (κ1) is 91.8. The molecule has 119 heavy (non-hydrogen) atoms. The average Bonchev–Trinajstić information content (AvgIpc) is 1.62. The van der Waals surface area contributed by atoms with Crippen LogP contribution in [-0.4, -0.2) is 187 Å². The van der Waals surface area contributed by atoms with E-state index in [-0.39, 0.29) is 74.6 Å². The Morgan fingerprint density at radius 3 is 0.840 bits per heavy atom. The molecule has 0 spiro atoms. The molecule has 642 valence electrons. The molecular weight excluding hydrogens is 1510 g/mol. The van der Waals surface area contributed by atoms with Crippen LogP contribution in [0.2, 0.25) is 0 Å². The van der Waals surface area contributed by atoms with Crippen LogP contribution in [0.15, 0.2) is 148 Å². The SMILES string of the molecule is CCC(c1ccc(OC)cc1)c1nc2c(c(=O)n(C)c(=O)n2C)n1CCN(CC)CC.CCN(CC)CCn1c(C(C)c2ccc(OC)cc2)nc2c1c(=O)n(C)c(=O)n2C.CCN(CC)CCn1c(C(C)c2ccccc2)nc2c1c(=O)n(C)c(=O)n2C.CCN(CC)CCn1c(C(c2ccccc2)C(C)C)nc2c1c(=O)n(C)c(=O)n2C. The number of rotatable bonds is 32. The largest absolute Gasteiger partial charge is 0.497 e. The van der Waals surface area contributed by atoms with Gasteiger partial charge in [0.1, 0.15) is 34.8 Å². The summed E-state index contributed by atoms with van der Waals surface area (Å²) >= 11 is 0. The fourth-order valence-electron chi connectivity index (χ4n) is 15.9. The third kappa shape index (κ3) is 19.3. The van der Waals surface area contributed by atoms with Gasteiger partial charge in [0.25, 0.3) is 22.2 Å². The van der Waals surface area contributed by atoms with Gasteiger partial charge in [0.15, 0.2) is 44.7 Å². The highest BCUT2D eigenvalue weighted by molar-refractivity contribution is 5.74. The molecule has 0 fully saturated rings.